The quantitative estimate of drug-likeness (QED) is 0.324. The summed E-state index contributed by atoms with van der Waals surface area (Å²) in [7, 11) is 0. The number of aliphatic hydroxyl groups is 4. The Morgan fingerprint density at radius 2 is 1.39 bits per heavy atom. The van der Waals surface area contributed by atoms with E-state index in [1.54, 1.807) is 0 Å². The number of benzene rings is 1. The number of nitrogens with one attached hydrogen (secondary N) is 1. The number of rotatable bonds is 7. The Morgan fingerprint density at radius 3 is 1.83 bits per heavy atom. The minimum atomic E-state index is -2.35. The third-order valence-electron chi connectivity index (χ3n) is 3.01. The summed E-state index contributed by atoms with van der Waals surface area (Å²) in [5, 5.41) is 48.9. The van der Waals surface area contributed by atoms with Crippen LogP contribution in [-0.2, 0) is 9.59 Å². The summed E-state index contributed by atoms with van der Waals surface area (Å²) < 4.78 is 0. The molecule has 4 atom stereocenters. The van der Waals surface area contributed by atoms with Crippen LogP contribution in [0.1, 0.15) is 17.3 Å². The normalized spacial score (nSPS) is 16.0. The number of carboxylic acids is 1. The van der Waals surface area contributed by atoms with E-state index in [1.165, 1.54) is 31.2 Å². The molecule has 0 aliphatic carbocycles. The van der Waals surface area contributed by atoms with Crippen LogP contribution in [0.5, 0.6) is 0 Å². The highest BCUT2D eigenvalue weighted by Gasteiger charge is 2.37. The van der Waals surface area contributed by atoms with Crippen LogP contribution in [-0.4, -0.2) is 67.6 Å². The Labute approximate surface area is 130 Å². The first-order valence-electron chi connectivity index (χ1n) is 6.52. The zero-order valence-electron chi connectivity index (χ0n) is 12.1. The highest BCUT2D eigenvalue weighted by Crippen LogP contribution is 2.14. The van der Waals surface area contributed by atoms with Gasteiger partial charge in [0.25, 0.3) is 0 Å². The minimum absolute atomic E-state index is 0.0392. The van der Waals surface area contributed by atoms with Crippen molar-refractivity contribution in [2.45, 2.75) is 31.3 Å². The van der Waals surface area contributed by atoms with Gasteiger partial charge in [-0.05, 0) is 24.3 Å². The molecule has 126 valence electrons. The van der Waals surface area contributed by atoms with Crippen LogP contribution < -0.4 is 5.32 Å². The summed E-state index contributed by atoms with van der Waals surface area (Å²) in [5.41, 5.74) is 0.369. The predicted octanol–water partition coefficient (Wildman–Crippen LogP) is -1.64. The van der Waals surface area contributed by atoms with E-state index in [0.717, 1.165) is 0 Å². The number of Topliss-reactive ketones (excluding diaryl/α,β-unsaturated/α-hetero) is 1. The second-order valence-corrected chi connectivity index (χ2v) is 4.83. The Bertz CT molecular complexity index is 585. The topological polar surface area (TPSA) is 164 Å². The van der Waals surface area contributed by atoms with Gasteiger partial charge in [-0.25, -0.2) is 4.79 Å². The van der Waals surface area contributed by atoms with Crippen molar-refractivity contribution >= 4 is 23.3 Å². The fourth-order valence-electron chi connectivity index (χ4n) is 1.77. The van der Waals surface area contributed by atoms with E-state index in [-0.39, 0.29) is 11.5 Å². The van der Waals surface area contributed by atoms with Crippen LogP contribution in [0.4, 0.5) is 5.69 Å². The van der Waals surface area contributed by atoms with Crippen molar-refractivity contribution in [2.24, 2.45) is 0 Å². The lowest BCUT2D eigenvalue weighted by Gasteiger charge is -2.23. The molecule has 0 fully saturated rings. The molecule has 9 heteroatoms. The lowest BCUT2D eigenvalue weighted by Crippen LogP contribution is -2.50. The maximum atomic E-state index is 12.0. The average molecular weight is 327 g/mol. The van der Waals surface area contributed by atoms with Gasteiger partial charge in [-0.1, -0.05) is 0 Å². The lowest BCUT2D eigenvalue weighted by atomic mass is 9.96. The van der Waals surface area contributed by atoms with E-state index in [4.69, 9.17) is 10.2 Å². The van der Waals surface area contributed by atoms with Crippen LogP contribution in [0, 0.1) is 0 Å². The van der Waals surface area contributed by atoms with Gasteiger partial charge in [0, 0.05) is 18.2 Å². The van der Waals surface area contributed by atoms with Crippen LogP contribution in [0.15, 0.2) is 24.3 Å². The van der Waals surface area contributed by atoms with E-state index in [1.807, 2.05) is 0 Å². The van der Waals surface area contributed by atoms with Crippen molar-refractivity contribution in [3.8, 4) is 0 Å². The number of carbonyl (C=O) groups is 3. The Balaban J connectivity index is 2.83. The van der Waals surface area contributed by atoms with Gasteiger partial charge in [-0.15, -0.1) is 0 Å². The van der Waals surface area contributed by atoms with Crippen LogP contribution in [0.2, 0.25) is 0 Å². The average Bonchev–Trinajstić information content (AvgIpc) is 2.51. The molecule has 1 rings (SSSR count). The van der Waals surface area contributed by atoms with Gasteiger partial charge in [0.2, 0.25) is 5.91 Å². The summed E-state index contributed by atoms with van der Waals surface area (Å²) in [4.78, 5) is 33.4. The summed E-state index contributed by atoms with van der Waals surface area (Å²) in [6.07, 6.45) is -8.92. The molecular weight excluding hydrogens is 310 g/mol. The maximum Gasteiger partial charge on any atom is 0.335 e. The third-order valence-corrected chi connectivity index (χ3v) is 3.01. The van der Waals surface area contributed by atoms with Gasteiger partial charge in [-0.3, -0.25) is 9.59 Å². The molecule has 23 heavy (non-hydrogen) atoms. The van der Waals surface area contributed by atoms with Crippen LogP contribution in [0.3, 0.4) is 0 Å². The first-order chi connectivity index (χ1) is 10.6. The van der Waals surface area contributed by atoms with Gasteiger partial charge in [0.15, 0.2) is 11.9 Å². The number of carbonyl (C=O) groups excluding carboxylic acids is 2. The van der Waals surface area contributed by atoms with Gasteiger partial charge in [-0.2, -0.15) is 0 Å². The van der Waals surface area contributed by atoms with Crippen molar-refractivity contribution < 1.29 is 39.9 Å². The number of hydrogen-bond donors (Lipinski definition) is 6. The fourth-order valence-corrected chi connectivity index (χ4v) is 1.77. The van der Waals surface area contributed by atoms with Gasteiger partial charge >= 0.3 is 5.97 Å². The predicted molar refractivity (Wildman–Crippen MR) is 76.7 cm³/mol. The Kier molecular flexibility index (Phi) is 6.34. The Morgan fingerprint density at radius 1 is 0.913 bits per heavy atom. The zero-order chi connectivity index (χ0) is 17.7. The fraction of sp³-hybridized carbons (Fsp3) is 0.357. The van der Waals surface area contributed by atoms with Gasteiger partial charge < -0.3 is 30.8 Å². The molecule has 0 saturated heterocycles. The number of ketones is 1. The number of carboxylic acid groups (broad SMARTS) is 1. The highest BCUT2D eigenvalue weighted by atomic mass is 16.4. The molecule has 0 aromatic heterocycles. The summed E-state index contributed by atoms with van der Waals surface area (Å²) >= 11 is 0. The molecule has 1 aromatic carbocycles. The van der Waals surface area contributed by atoms with E-state index >= 15 is 0 Å². The number of aliphatic hydroxyl groups excluding tert-OH is 4. The second kappa shape index (κ2) is 7.79. The molecule has 1 amide bonds. The molecule has 0 heterocycles. The van der Waals surface area contributed by atoms with Crippen molar-refractivity contribution in [2.75, 3.05) is 5.32 Å². The SMILES string of the molecule is CC(=O)Nc1ccc(C(=O)[C@H](O)[C@@H](O)[C@H](O)[C@H](O)C(=O)O)cc1. The molecular formula is C14H17NO8. The highest BCUT2D eigenvalue weighted by molar-refractivity contribution is 6.00. The molecule has 1 aromatic rings. The molecule has 6 N–H and O–H groups in total. The first kappa shape index (κ1) is 18.7. The number of anilines is 1. The molecule has 0 saturated carbocycles. The van der Waals surface area contributed by atoms with E-state index in [0.29, 0.717) is 5.69 Å². The number of hydrogen-bond acceptors (Lipinski definition) is 7. The molecule has 0 unspecified atom stereocenters. The zero-order valence-corrected chi connectivity index (χ0v) is 12.1. The van der Waals surface area contributed by atoms with E-state index in [2.05, 4.69) is 5.32 Å². The molecule has 9 nitrogen and oxygen atoms in total. The number of aliphatic carboxylic acids is 1. The van der Waals surface area contributed by atoms with Crippen LogP contribution >= 0.6 is 0 Å². The molecule has 0 aliphatic heterocycles. The second-order valence-electron chi connectivity index (χ2n) is 4.83. The molecule has 0 bridgehead atoms. The molecule has 0 radical (unpaired) electrons. The molecule has 0 aliphatic rings. The summed E-state index contributed by atoms with van der Waals surface area (Å²) in [6.45, 7) is 1.30. The molecule has 0 spiro atoms. The summed E-state index contributed by atoms with van der Waals surface area (Å²) in [5.74, 6) is -3.11. The van der Waals surface area contributed by atoms with Crippen molar-refractivity contribution in [3.63, 3.8) is 0 Å². The lowest BCUT2D eigenvalue weighted by molar-refractivity contribution is -0.161. The maximum absolute atomic E-state index is 12.0. The van der Waals surface area contributed by atoms with Crippen molar-refractivity contribution in [1.29, 1.82) is 0 Å². The van der Waals surface area contributed by atoms with E-state index in [9.17, 15) is 29.7 Å². The van der Waals surface area contributed by atoms with Crippen LogP contribution in [0.25, 0.3) is 0 Å². The monoisotopic (exact) mass is 327 g/mol. The first-order valence-corrected chi connectivity index (χ1v) is 6.52. The third kappa shape index (κ3) is 4.83. The number of amides is 1. The smallest absolute Gasteiger partial charge is 0.335 e. The Hall–Kier alpha value is -2.33. The van der Waals surface area contributed by atoms with Gasteiger partial charge in [0.05, 0.1) is 0 Å². The van der Waals surface area contributed by atoms with Crippen molar-refractivity contribution in [3.05, 3.63) is 29.8 Å². The summed E-state index contributed by atoms with van der Waals surface area (Å²) in [6, 6.07) is 5.31. The van der Waals surface area contributed by atoms with Crippen molar-refractivity contribution in [1.82, 2.24) is 0 Å². The largest absolute Gasteiger partial charge is 0.479 e. The standard InChI is InChI=1S/C14H17NO8/c1-6(16)15-8-4-2-7(3-5-8)9(17)10(18)11(19)12(20)13(21)14(22)23/h2-5,10-13,18-21H,1H3,(H,15,16)(H,22,23)/t10-,11+,12-,13-/m0/s1. The van der Waals surface area contributed by atoms with E-state index < -0.39 is 36.2 Å². The minimum Gasteiger partial charge on any atom is -0.479 e. The van der Waals surface area contributed by atoms with Gasteiger partial charge in [0.1, 0.15) is 18.3 Å².